The third kappa shape index (κ3) is 3.80. The first-order chi connectivity index (χ1) is 18.0. The van der Waals surface area contributed by atoms with Crippen molar-refractivity contribution < 1.29 is 39.9 Å². The lowest BCUT2D eigenvalue weighted by atomic mass is 9.90. The summed E-state index contributed by atoms with van der Waals surface area (Å²) < 4.78 is 210. The van der Waals surface area contributed by atoms with Gasteiger partial charge in [-0.15, -0.1) is 0 Å². The fourth-order valence-electron chi connectivity index (χ4n) is 1.13. The highest BCUT2D eigenvalue weighted by molar-refractivity contribution is 7.90. The van der Waals surface area contributed by atoms with Crippen molar-refractivity contribution in [1.29, 1.82) is 0 Å². The molecule has 1 saturated heterocycles. The van der Waals surface area contributed by atoms with Crippen LogP contribution in [-0.4, -0.2) is 39.0 Å². The van der Waals surface area contributed by atoms with Crippen LogP contribution in [0, 0.1) is 0 Å². The minimum atomic E-state index is -5.87. The summed E-state index contributed by atoms with van der Waals surface area (Å²) in [5, 5.41) is 0. The Morgan fingerprint density at radius 2 is 2.58 bits per heavy atom. The van der Waals surface area contributed by atoms with E-state index >= 15 is 0 Å². The van der Waals surface area contributed by atoms with E-state index in [1.54, 1.807) is 0 Å². The molecular formula is C15H23NO2S. The van der Waals surface area contributed by atoms with Crippen LogP contribution in [0.15, 0.2) is 29.1 Å². The second-order valence-electron chi connectivity index (χ2n) is 3.13. The van der Waals surface area contributed by atoms with Crippen LogP contribution in [0.2, 0.25) is 0 Å². The van der Waals surface area contributed by atoms with E-state index in [2.05, 4.69) is 0 Å². The Kier molecular flexibility index (Phi) is 0.955. The molecule has 0 saturated carbocycles. The third-order valence-corrected chi connectivity index (χ3v) is 2.61. The van der Waals surface area contributed by atoms with E-state index in [1.165, 1.54) is 0 Å². The van der Waals surface area contributed by atoms with Gasteiger partial charge in [-0.05, 0) is 55.7 Å². The summed E-state index contributed by atoms with van der Waals surface area (Å²) >= 11 is 0. The van der Waals surface area contributed by atoms with Gasteiger partial charge in [0.2, 0.25) is 0 Å². The molecule has 2 rings (SSSR count). The monoisotopic (exact) mass is 304 g/mol. The predicted octanol–water partition coefficient (Wildman–Crippen LogP) is 2.68. The van der Waals surface area contributed by atoms with Crippen LogP contribution in [0.5, 0.6) is 0 Å². The maximum absolute atomic E-state index is 12.8. The van der Waals surface area contributed by atoms with Crippen LogP contribution < -0.4 is 0 Å². The molecule has 0 aromatic heterocycles. The summed E-state index contributed by atoms with van der Waals surface area (Å²) in [6.07, 6.45) is -17.2. The van der Waals surface area contributed by atoms with Crippen molar-refractivity contribution in [2.24, 2.45) is 0 Å². The van der Waals surface area contributed by atoms with Gasteiger partial charge in [-0.1, -0.05) is 18.9 Å². The van der Waals surface area contributed by atoms with Crippen molar-refractivity contribution in [3.05, 3.63) is 29.7 Å². The minimum absolute atomic E-state index is 1.07. The summed E-state index contributed by atoms with van der Waals surface area (Å²) in [5.41, 5.74) is -1.93. The van der Waals surface area contributed by atoms with E-state index in [1.807, 2.05) is 0 Å². The first-order valence-corrected chi connectivity index (χ1v) is 6.15. The lowest BCUT2D eigenvalue weighted by Gasteiger charge is -2.32. The molecule has 0 N–H and O–H groups in total. The largest absolute Gasteiger partial charge is 0.303 e. The van der Waals surface area contributed by atoms with Gasteiger partial charge in [0.15, 0.2) is 9.84 Å². The number of sulfone groups is 1. The molecule has 19 heavy (non-hydrogen) atoms. The van der Waals surface area contributed by atoms with Crippen molar-refractivity contribution in [1.82, 2.24) is 4.90 Å². The summed E-state index contributed by atoms with van der Waals surface area (Å²) in [5.74, 6) is -4.47. The van der Waals surface area contributed by atoms with Gasteiger partial charge in [0.1, 0.15) is 0 Å². The molecule has 0 bridgehead atoms. The average Bonchev–Trinajstić information content (AvgIpc) is 2.73. The number of piperidine rings is 1. The van der Waals surface area contributed by atoms with Crippen molar-refractivity contribution >= 4 is 9.84 Å². The van der Waals surface area contributed by atoms with Gasteiger partial charge in [-0.2, -0.15) is 0 Å². The van der Waals surface area contributed by atoms with E-state index in [9.17, 15) is 8.42 Å². The topological polar surface area (TPSA) is 37.4 Å². The summed E-state index contributed by atoms with van der Waals surface area (Å²) in [4.78, 5) is -3.00. The normalized spacial score (nSPS) is 56.5. The zero-order valence-electron chi connectivity index (χ0n) is 32.2. The molecule has 0 unspecified atom stereocenters. The van der Waals surface area contributed by atoms with E-state index in [-0.39, 0.29) is 0 Å². The Balaban J connectivity index is 3.35. The highest BCUT2D eigenvalue weighted by atomic mass is 32.2. The molecule has 0 aliphatic carbocycles. The van der Waals surface area contributed by atoms with Gasteiger partial charge in [-0.3, -0.25) is 0 Å². The number of likely N-dealkylation sites (tertiary alicyclic amines) is 1. The lowest BCUT2D eigenvalue weighted by Crippen LogP contribution is -2.34. The molecule has 1 aliphatic rings. The highest BCUT2D eigenvalue weighted by Crippen LogP contribution is 2.28. The maximum atomic E-state index is 12.8. The smallest absolute Gasteiger partial charge is 0.175 e. The molecular weight excluding hydrogens is 258 g/mol. The molecule has 1 heterocycles. The van der Waals surface area contributed by atoms with Crippen LogP contribution in [0.25, 0.3) is 0 Å². The molecule has 1 aromatic rings. The fraction of sp³-hybridized carbons (Fsp3) is 0.600. The van der Waals surface area contributed by atoms with Crippen LogP contribution in [0.4, 0.5) is 0 Å². The molecule has 4 heteroatoms. The van der Waals surface area contributed by atoms with Gasteiger partial charge < -0.3 is 4.90 Å². The summed E-state index contributed by atoms with van der Waals surface area (Å²) in [7, 11) is -5.87. The maximum Gasteiger partial charge on any atom is 0.175 e. The van der Waals surface area contributed by atoms with Crippen molar-refractivity contribution in [3.63, 3.8) is 0 Å². The average molecular weight is 305 g/mol. The fourth-order valence-corrected chi connectivity index (χ4v) is 1.55. The Morgan fingerprint density at radius 1 is 1.68 bits per heavy atom. The summed E-state index contributed by atoms with van der Waals surface area (Å²) in [6, 6.07) is -6.91. The zero-order valence-corrected chi connectivity index (χ0v) is 9.99. The molecule has 1 aromatic carbocycles. The van der Waals surface area contributed by atoms with E-state index < -0.39 is 107 Å². The Morgan fingerprint density at radius 3 is 3.37 bits per heavy atom. The van der Waals surface area contributed by atoms with E-state index in [0.717, 1.165) is 0 Å². The van der Waals surface area contributed by atoms with Crippen LogP contribution in [-0.2, 0) is 9.84 Å². The van der Waals surface area contributed by atoms with Crippen molar-refractivity contribution in [2.75, 3.05) is 25.7 Å². The van der Waals surface area contributed by atoms with E-state index in [4.69, 9.17) is 31.5 Å². The standard InChI is InChI=1S/C15H23NO2S/c1-3-9-16-10-5-7-14(12-16)13-6-4-8-15(11-13)19(2,17)18/h4,6,8,11,14H,3,5,7,9-10,12H2,1-2H3/t14-/m1/s1/i1D3,2D3,3D2,4D,5D2,6D,7D2,8D,9D2,10D2,11D,12D2,14D. The molecule has 1 aliphatic heterocycles. The number of rotatable bonds is 4. The Hall–Kier alpha value is -0.870. The van der Waals surface area contributed by atoms with Gasteiger partial charge in [0.25, 0.3) is 0 Å². The second kappa shape index (κ2) is 6.06. The Bertz CT molecular complexity index is 1390. The van der Waals surface area contributed by atoms with E-state index in [0.29, 0.717) is 0 Å². The number of hydrogen-bond acceptors (Lipinski definition) is 3. The molecule has 0 spiro atoms. The van der Waals surface area contributed by atoms with Crippen LogP contribution in [0.3, 0.4) is 0 Å². The number of nitrogens with zero attached hydrogens (tertiary/aromatic N) is 1. The molecule has 1 atom stereocenters. The van der Waals surface area contributed by atoms with Gasteiger partial charge in [0.05, 0.1) is 10.4 Å². The van der Waals surface area contributed by atoms with Crippen molar-refractivity contribution in [2.45, 2.75) is 36.8 Å². The number of benzene rings is 1. The van der Waals surface area contributed by atoms with Gasteiger partial charge >= 0.3 is 0 Å². The predicted molar refractivity (Wildman–Crippen MR) is 78.3 cm³/mol. The molecule has 1 fully saturated rings. The van der Waals surface area contributed by atoms with Gasteiger partial charge in [-0.25, -0.2) is 8.42 Å². The lowest BCUT2D eigenvalue weighted by molar-refractivity contribution is 0.208. The first kappa shape index (κ1) is 3.00. The minimum Gasteiger partial charge on any atom is -0.303 e. The summed E-state index contributed by atoms with van der Waals surface area (Å²) in [6.45, 7) is -17.5. The van der Waals surface area contributed by atoms with Gasteiger partial charge in [0, 0.05) is 38.7 Å². The Labute approximate surface area is 148 Å². The first-order valence-electron chi connectivity index (χ1n) is 16.2. The van der Waals surface area contributed by atoms with Crippen molar-refractivity contribution in [3.8, 4) is 0 Å². The molecule has 0 amide bonds. The zero-order chi connectivity index (χ0) is 34.0. The highest BCUT2D eigenvalue weighted by Gasteiger charge is 2.21. The van der Waals surface area contributed by atoms with Crippen LogP contribution >= 0.6 is 0 Å². The molecule has 3 nitrogen and oxygen atoms in total. The number of hydrogen-bond donors (Lipinski definition) is 0. The van der Waals surface area contributed by atoms with Crippen LogP contribution in [0.1, 0.15) is 69.0 Å². The SMILES string of the molecule is [2H]c1c([2H])c([C@@]2([2H])C([2H])([2H])N(C([2H])([2H])C([2H])([2H])C([2H])([2H])[2H])C([2H])([2H])C([2H])([2H])C2([2H])[2H])c([2H])c(S(=O)(=O)C([2H])([2H])[2H])c1[2H]. The molecule has 0 radical (unpaired) electrons. The molecule has 106 valence electrons. The second-order valence-corrected chi connectivity index (χ2v) is 4.54. The third-order valence-electron chi connectivity index (χ3n) is 1.87. The quantitative estimate of drug-likeness (QED) is 0.858.